The molecule has 25 heavy (non-hydrogen) atoms. The summed E-state index contributed by atoms with van der Waals surface area (Å²) in [6, 6.07) is 7.30. The summed E-state index contributed by atoms with van der Waals surface area (Å²) >= 11 is 0. The van der Waals surface area contributed by atoms with Gasteiger partial charge in [-0.1, -0.05) is 0 Å². The van der Waals surface area contributed by atoms with E-state index < -0.39 is 5.97 Å². The number of benzene rings is 1. The van der Waals surface area contributed by atoms with Gasteiger partial charge in [0.2, 0.25) is 11.8 Å². The van der Waals surface area contributed by atoms with E-state index >= 15 is 0 Å². The quantitative estimate of drug-likeness (QED) is 0.633. The second kappa shape index (κ2) is 6.01. The zero-order valence-electron chi connectivity index (χ0n) is 13.7. The smallest absolute Gasteiger partial charge is 0.363 e. The van der Waals surface area contributed by atoms with Crippen LogP contribution in [0.1, 0.15) is 24.0 Å². The monoisotopic (exact) mass is 336 g/mol. The number of ether oxygens (including phenoxy) is 1. The number of rotatable bonds is 3. The first kappa shape index (κ1) is 15.3. The number of nitrogens with zero attached hydrogens (tertiary/aromatic N) is 4. The van der Waals surface area contributed by atoms with Crippen LogP contribution in [0.3, 0.4) is 0 Å². The molecule has 7 nitrogen and oxygen atoms in total. The van der Waals surface area contributed by atoms with Crippen molar-refractivity contribution in [1.82, 2.24) is 9.78 Å². The zero-order valence-corrected chi connectivity index (χ0v) is 13.7. The molecule has 1 saturated heterocycles. The second-order valence-electron chi connectivity index (χ2n) is 5.98. The molecule has 1 amide bonds. The Labute approximate surface area is 144 Å². The molecule has 3 heterocycles. The van der Waals surface area contributed by atoms with E-state index in [2.05, 4.69) is 10.1 Å². The van der Waals surface area contributed by atoms with Gasteiger partial charge in [0.25, 0.3) is 0 Å². The maximum Gasteiger partial charge on any atom is 0.363 e. The predicted molar refractivity (Wildman–Crippen MR) is 91.8 cm³/mol. The fourth-order valence-electron chi connectivity index (χ4n) is 2.91. The minimum absolute atomic E-state index is 0.138. The molecular formula is C18H16N4O3. The van der Waals surface area contributed by atoms with E-state index in [1.54, 1.807) is 47.2 Å². The highest BCUT2D eigenvalue weighted by atomic mass is 16.6. The molecule has 0 bridgehead atoms. The van der Waals surface area contributed by atoms with E-state index in [1.165, 1.54) is 0 Å². The average molecular weight is 336 g/mol. The highest BCUT2D eigenvalue weighted by molar-refractivity contribution is 6.13. The van der Waals surface area contributed by atoms with Gasteiger partial charge in [-0.15, -0.1) is 0 Å². The van der Waals surface area contributed by atoms with Crippen molar-refractivity contribution in [2.24, 2.45) is 12.0 Å². The third kappa shape index (κ3) is 2.96. The molecule has 0 unspecified atom stereocenters. The lowest BCUT2D eigenvalue weighted by molar-refractivity contribution is -0.130. The highest BCUT2D eigenvalue weighted by Gasteiger charge is 2.25. The van der Waals surface area contributed by atoms with Crippen LogP contribution in [-0.2, 0) is 21.4 Å². The maximum absolute atomic E-state index is 12.0. The molecule has 0 N–H and O–H groups in total. The van der Waals surface area contributed by atoms with Crippen molar-refractivity contribution in [2.45, 2.75) is 12.8 Å². The average Bonchev–Trinajstić information content (AvgIpc) is 3.30. The van der Waals surface area contributed by atoms with Crippen molar-refractivity contribution < 1.29 is 14.3 Å². The summed E-state index contributed by atoms with van der Waals surface area (Å²) in [5, 5.41) is 4.05. The summed E-state index contributed by atoms with van der Waals surface area (Å²) in [6.07, 6.45) is 6.55. The van der Waals surface area contributed by atoms with Crippen molar-refractivity contribution in [3.8, 4) is 0 Å². The molecule has 0 radical (unpaired) electrons. The van der Waals surface area contributed by atoms with E-state index in [-0.39, 0.29) is 17.5 Å². The second-order valence-corrected chi connectivity index (χ2v) is 5.98. The van der Waals surface area contributed by atoms with E-state index in [0.29, 0.717) is 12.0 Å². The summed E-state index contributed by atoms with van der Waals surface area (Å²) in [5.41, 5.74) is 2.56. The topological polar surface area (TPSA) is 76.8 Å². The number of carbonyl (C=O) groups is 2. The molecular weight excluding hydrogens is 320 g/mol. The van der Waals surface area contributed by atoms with Crippen LogP contribution in [0.5, 0.6) is 0 Å². The molecule has 0 saturated carbocycles. The van der Waals surface area contributed by atoms with Gasteiger partial charge in [-0.05, 0) is 36.8 Å². The van der Waals surface area contributed by atoms with Crippen LogP contribution in [0, 0.1) is 0 Å². The minimum Gasteiger partial charge on any atom is -0.402 e. The highest BCUT2D eigenvalue weighted by Crippen LogP contribution is 2.24. The summed E-state index contributed by atoms with van der Waals surface area (Å²) in [4.78, 5) is 29.8. The van der Waals surface area contributed by atoms with Crippen LogP contribution < -0.4 is 4.90 Å². The first-order chi connectivity index (χ1) is 12.1. The Hall–Kier alpha value is -3.22. The summed E-state index contributed by atoms with van der Waals surface area (Å²) < 4.78 is 6.91. The van der Waals surface area contributed by atoms with E-state index in [9.17, 15) is 9.59 Å². The van der Waals surface area contributed by atoms with E-state index in [1.807, 2.05) is 12.1 Å². The molecule has 2 aliphatic heterocycles. The number of hydrogen-bond donors (Lipinski definition) is 0. The third-order valence-corrected chi connectivity index (χ3v) is 4.15. The molecule has 2 aliphatic rings. The van der Waals surface area contributed by atoms with Crippen LogP contribution >= 0.6 is 0 Å². The van der Waals surface area contributed by atoms with Gasteiger partial charge in [0.1, 0.15) is 0 Å². The lowest BCUT2D eigenvalue weighted by Crippen LogP contribution is -2.23. The van der Waals surface area contributed by atoms with Gasteiger partial charge in [-0.3, -0.25) is 9.48 Å². The van der Waals surface area contributed by atoms with Gasteiger partial charge < -0.3 is 9.64 Å². The summed E-state index contributed by atoms with van der Waals surface area (Å²) in [7, 11) is 1.80. The maximum atomic E-state index is 12.0. The SMILES string of the molecule is Cn1cc(/C=C2\N=C(c3ccc(N4CCCC4=O)cc3)OC2=O)cn1. The Morgan fingerprint density at radius 2 is 2.00 bits per heavy atom. The van der Waals surface area contributed by atoms with Gasteiger partial charge in [0.15, 0.2) is 5.70 Å². The molecule has 1 fully saturated rings. The molecule has 2 aromatic rings. The molecule has 0 aliphatic carbocycles. The van der Waals surface area contributed by atoms with Crippen LogP contribution in [0.15, 0.2) is 47.3 Å². The van der Waals surface area contributed by atoms with Gasteiger partial charge >= 0.3 is 5.97 Å². The standard InChI is InChI=1S/C18H16N4O3/c1-21-11-12(10-19-21)9-15-18(24)25-17(20-15)13-4-6-14(7-5-13)22-8-2-3-16(22)23/h4-7,9-11H,2-3,8H2,1H3/b15-9-. The normalized spacial score (nSPS) is 18.8. The Morgan fingerprint density at radius 1 is 1.20 bits per heavy atom. The lowest BCUT2D eigenvalue weighted by Gasteiger charge is -2.15. The largest absolute Gasteiger partial charge is 0.402 e. The number of carbonyl (C=O) groups excluding carboxylic acids is 2. The Kier molecular flexibility index (Phi) is 3.68. The summed E-state index contributed by atoms with van der Waals surface area (Å²) in [5.74, 6) is -0.0869. The van der Waals surface area contributed by atoms with Gasteiger partial charge in [0, 0.05) is 43.0 Å². The van der Waals surface area contributed by atoms with Crippen molar-refractivity contribution in [1.29, 1.82) is 0 Å². The Morgan fingerprint density at radius 3 is 2.64 bits per heavy atom. The number of cyclic esters (lactones) is 1. The number of esters is 1. The fourth-order valence-corrected chi connectivity index (χ4v) is 2.91. The van der Waals surface area contributed by atoms with Crippen LogP contribution in [0.4, 0.5) is 5.69 Å². The molecule has 1 aromatic heterocycles. The predicted octanol–water partition coefficient (Wildman–Crippen LogP) is 1.89. The van der Waals surface area contributed by atoms with Crippen molar-refractivity contribution in [3.63, 3.8) is 0 Å². The number of aryl methyl sites for hydroxylation is 1. The fraction of sp³-hybridized carbons (Fsp3) is 0.222. The number of aromatic nitrogens is 2. The van der Waals surface area contributed by atoms with Gasteiger partial charge in [-0.25, -0.2) is 9.79 Å². The zero-order chi connectivity index (χ0) is 17.4. The van der Waals surface area contributed by atoms with Crippen molar-refractivity contribution >= 4 is 29.5 Å². The van der Waals surface area contributed by atoms with Crippen LogP contribution in [0.2, 0.25) is 0 Å². The van der Waals surface area contributed by atoms with Crippen molar-refractivity contribution in [3.05, 3.63) is 53.5 Å². The van der Waals surface area contributed by atoms with Crippen LogP contribution in [0.25, 0.3) is 6.08 Å². The molecule has 0 atom stereocenters. The Balaban J connectivity index is 1.57. The van der Waals surface area contributed by atoms with Gasteiger partial charge in [-0.2, -0.15) is 5.10 Å². The third-order valence-electron chi connectivity index (χ3n) is 4.15. The molecule has 1 aromatic carbocycles. The first-order valence-corrected chi connectivity index (χ1v) is 8.02. The molecule has 4 rings (SSSR count). The van der Waals surface area contributed by atoms with Crippen molar-refractivity contribution in [2.75, 3.05) is 11.4 Å². The first-order valence-electron chi connectivity index (χ1n) is 8.02. The van der Waals surface area contributed by atoms with E-state index in [0.717, 1.165) is 24.2 Å². The number of aliphatic imine (C=N–C) groups is 1. The number of hydrogen-bond acceptors (Lipinski definition) is 5. The minimum atomic E-state index is -0.488. The number of anilines is 1. The van der Waals surface area contributed by atoms with E-state index in [4.69, 9.17) is 4.74 Å². The Bertz CT molecular complexity index is 909. The molecule has 126 valence electrons. The summed E-state index contributed by atoms with van der Waals surface area (Å²) in [6.45, 7) is 0.742. The van der Waals surface area contributed by atoms with Gasteiger partial charge in [0.05, 0.1) is 6.20 Å². The molecule has 0 spiro atoms. The lowest BCUT2D eigenvalue weighted by atomic mass is 10.2. The number of amides is 1. The van der Waals surface area contributed by atoms with Crippen LogP contribution in [-0.4, -0.2) is 34.1 Å². The molecule has 7 heteroatoms.